The van der Waals surface area contributed by atoms with Crippen molar-refractivity contribution in [2.75, 3.05) is 4.90 Å². The molecule has 0 spiro atoms. The van der Waals surface area contributed by atoms with Gasteiger partial charge in [0.25, 0.3) is 5.91 Å². The lowest BCUT2D eigenvalue weighted by atomic mass is 9.94. The summed E-state index contributed by atoms with van der Waals surface area (Å²) < 4.78 is 20.6. The molecule has 0 saturated heterocycles. The van der Waals surface area contributed by atoms with Gasteiger partial charge in [0.2, 0.25) is 5.78 Å². The van der Waals surface area contributed by atoms with Gasteiger partial charge in [-0.05, 0) is 54.6 Å². The van der Waals surface area contributed by atoms with E-state index in [2.05, 4.69) is 0 Å². The Bertz CT molecular complexity index is 1550. The molecule has 0 aliphatic carbocycles. The maximum Gasteiger partial charge on any atom is 0.294 e. The van der Waals surface area contributed by atoms with E-state index < -0.39 is 29.3 Å². The van der Waals surface area contributed by atoms with Gasteiger partial charge >= 0.3 is 0 Å². The molecule has 6 nitrogen and oxygen atoms in total. The second-order valence-electron chi connectivity index (χ2n) is 7.64. The zero-order chi connectivity index (χ0) is 24.0. The second kappa shape index (κ2) is 8.18. The Kier molecular flexibility index (Phi) is 5.16. The zero-order valence-electron chi connectivity index (χ0n) is 17.3. The van der Waals surface area contributed by atoms with Crippen molar-refractivity contribution in [1.29, 1.82) is 5.26 Å². The first-order valence-electron chi connectivity index (χ1n) is 10.1. The molecule has 166 valence electrons. The number of carbonyl (C=O) groups excluding carboxylic acids is 2. The van der Waals surface area contributed by atoms with E-state index in [1.165, 1.54) is 48.5 Å². The number of aliphatic hydroxyl groups is 1. The highest BCUT2D eigenvalue weighted by Gasteiger charge is 2.46. The predicted molar refractivity (Wildman–Crippen MR) is 123 cm³/mol. The van der Waals surface area contributed by atoms with Crippen molar-refractivity contribution in [2.45, 2.75) is 6.04 Å². The molecular formula is C26H14ClFN2O4. The number of aliphatic hydroxyl groups excluding tert-OH is 1. The van der Waals surface area contributed by atoms with Gasteiger partial charge < -0.3 is 9.52 Å². The van der Waals surface area contributed by atoms with Gasteiger partial charge in [-0.15, -0.1) is 0 Å². The Morgan fingerprint density at radius 1 is 1.09 bits per heavy atom. The van der Waals surface area contributed by atoms with Crippen LogP contribution in [0.4, 0.5) is 10.1 Å². The van der Waals surface area contributed by atoms with Gasteiger partial charge in [0, 0.05) is 21.7 Å². The maximum absolute atomic E-state index is 14.9. The highest BCUT2D eigenvalue weighted by atomic mass is 35.5. The zero-order valence-corrected chi connectivity index (χ0v) is 18.1. The molecule has 0 fully saturated rings. The number of benzene rings is 3. The number of Topliss-reactive ketones (excluding diaryl/α,β-unsaturated/α-hetero) is 1. The van der Waals surface area contributed by atoms with Gasteiger partial charge in [-0.2, -0.15) is 5.26 Å². The number of carbonyl (C=O) groups is 2. The molecule has 5 rings (SSSR count). The van der Waals surface area contributed by atoms with Crippen LogP contribution in [0.15, 0.2) is 88.5 Å². The molecule has 8 heteroatoms. The van der Waals surface area contributed by atoms with E-state index in [0.29, 0.717) is 21.6 Å². The van der Waals surface area contributed by atoms with Crippen LogP contribution in [0.2, 0.25) is 5.02 Å². The standard InChI is InChI=1S/C26H14ClFN2O4/c27-16-7-10-20-15(11-16)12-21(34-20)24(31)22-23(18-3-1-2-4-19(18)28)30(26(33)25(22)32)17-8-5-14(13-29)6-9-17/h1-12,23,32H. The molecule has 0 saturated carbocycles. The maximum atomic E-state index is 14.9. The van der Waals surface area contributed by atoms with Crippen molar-refractivity contribution in [3.8, 4) is 6.07 Å². The summed E-state index contributed by atoms with van der Waals surface area (Å²) >= 11 is 6.02. The molecule has 2 heterocycles. The third-order valence-electron chi connectivity index (χ3n) is 5.63. The van der Waals surface area contributed by atoms with Crippen LogP contribution < -0.4 is 4.90 Å². The van der Waals surface area contributed by atoms with Crippen molar-refractivity contribution >= 4 is 39.9 Å². The van der Waals surface area contributed by atoms with Gasteiger partial charge in [0.15, 0.2) is 11.5 Å². The van der Waals surface area contributed by atoms with Crippen molar-refractivity contribution in [1.82, 2.24) is 0 Å². The number of hydrogen-bond acceptors (Lipinski definition) is 5. The highest BCUT2D eigenvalue weighted by molar-refractivity contribution is 6.31. The Labute approximate surface area is 197 Å². The quantitative estimate of drug-likeness (QED) is 0.374. The topological polar surface area (TPSA) is 94.5 Å². The Morgan fingerprint density at radius 3 is 2.53 bits per heavy atom. The normalized spacial score (nSPS) is 15.7. The summed E-state index contributed by atoms with van der Waals surface area (Å²) in [5, 5.41) is 20.9. The molecule has 1 aliphatic heterocycles. The van der Waals surface area contributed by atoms with Crippen LogP contribution in [0.25, 0.3) is 11.0 Å². The summed E-state index contributed by atoms with van der Waals surface area (Å²) in [6, 6.07) is 18.7. The van der Waals surface area contributed by atoms with Crippen LogP contribution in [0, 0.1) is 17.1 Å². The lowest BCUT2D eigenvalue weighted by Crippen LogP contribution is -2.31. The molecule has 34 heavy (non-hydrogen) atoms. The SMILES string of the molecule is N#Cc1ccc(N2C(=O)C(O)=C(C(=O)c3cc4cc(Cl)ccc4o3)C2c2ccccc2F)cc1. The predicted octanol–water partition coefficient (Wildman–Crippen LogP) is 5.88. The lowest BCUT2D eigenvalue weighted by Gasteiger charge is -2.27. The van der Waals surface area contributed by atoms with Gasteiger partial charge in [-0.3, -0.25) is 14.5 Å². The fourth-order valence-corrected chi connectivity index (χ4v) is 4.23. The van der Waals surface area contributed by atoms with Crippen LogP contribution in [-0.4, -0.2) is 16.8 Å². The third kappa shape index (κ3) is 3.41. The molecule has 1 N–H and O–H groups in total. The number of hydrogen-bond donors (Lipinski definition) is 1. The average molecular weight is 473 g/mol. The fourth-order valence-electron chi connectivity index (χ4n) is 4.05. The third-order valence-corrected chi connectivity index (χ3v) is 5.86. The molecule has 0 bridgehead atoms. The summed E-state index contributed by atoms with van der Waals surface area (Å²) in [7, 11) is 0. The Balaban J connectivity index is 1.67. The van der Waals surface area contributed by atoms with Crippen LogP contribution in [0.1, 0.15) is 27.7 Å². The molecule has 3 aromatic carbocycles. The van der Waals surface area contributed by atoms with Crippen LogP contribution in [-0.2, 0) is 4.79 Å². The second-order valence-corrected chi connectivity index (χ2v) is 8.08. The number of halogens is 2. The minimum absolute atomic E-state index is 0.0202. The summed E-state index contributed by atoms with van der Waals surface area (Å²) in [6.45, 7) is 0. The van der Waals surface area contributed by atoms with Gasteiger partial charge in [0.1, 0.15) is 11.4 Å². The van der Waals surface area contributed by atoms with Gasteiger partial charge in [0.05, 0.1) is 23.2 Å². The molecule has 1 atom stereocenters. The van der Waals surface area contributed by atoms with Gasteiger partial charge in [-0.25, -0.2) is 4.39 Å². The van der Waals surface area contributed by atoms with Crippen molar-refractivity contribution in [2.24, 2.45) is 0 Å². The van der Waals surface area contributed by atoms with Crippen molar-refractivity contribution < 1.29 is 23.5 Å². The van der Waals surface area contributed by atoms with Crippen LogP contribution >= 0.6 is 11.6 Å². The van der Waals surface area contributed by atoms with Crippen LogP contribution in [0.3, 0.4) is 0 Å². The van der Waals surface area contributed by atoms with E-state index in [-0.39, 0.29) is 22.6 Å². The van der Waals surface area contributed by atoms with E-state index >= 15 is 0 Å². The van der Waals surface area contributed by atoms with Crippen LogP contribution in [0.5, 0.6) is 0 Å². The molecule has 1 aromatic heterocycles. The summed E-state index contributed by atoms with van der Waals surface area (Å²) in [5.74, 6) is -3.23. The molecule has 0 radical (unpaired) electrons. The summed E-state index contributed by atoms with van der Waals surface area (Å²) in [4.78, 5) is 27.8. The van der Waals surface area contributed by atoms with E-state index in [1.807, 2.05) is 6.07 Å². The number of nitriles is 1. The smallest absolute Gasteiger partial charge is 0.294 e. The number of fused-ring (bicyclic) bond motifs is 1. The largest absolute Gasteiger partial charge is 0.503 e. The minimum atomic E-state index is -1.26. The molecule has 1 unspecified atom stereocenters. The van der Waals surface area contributed by atoms with E-state index in [9.17, 15) is 19.1 Å². The van der Waals surface area contributed by atoms with Crippen molar-refractivity contribution in [3.63, 3.8) is 0 Å². The van der Waals surface area contributed by atoms with E-state index in [4.69, 9.17) is 21.3 Å². The van der Waals surface area contributed by atoms with E-state index in [1.54, 1.807) is 24.3 Å². The monoisotopic (exact) mass is 472 g/mol. The number of anilines is 1. The Hall–Kier alpha value is -4.41. The van der Waals surface area contributed by atoms with Gasteiger partial charge in [-0.1, -0.05) is 29.8 Å². The first-order chi connectivity index (χ1) is 16.4. The Morgan fingerprint density at radius 2 is 1.82 bits per heavy atom. The van der Waals surface area contributed by atoms with Crippen molar-refractivity contribution in [3.05, 3.63) is 112 Å². The number of nitrogens with zero attached hydrogens (tertiary/aromatic N) is 2. The van der Waals surface area contributed by atoms with E-state index in [0.717, 1.165) is 4.90 Å². The molecule has 4 aromatic rings. The average Bonchev–Trinajstić information content (AvgIpc) is 3.37. The fraction of sp³-hybridized carbons (Fsp3) is 0.0385. The number of rotatable bonds is 4. The minimum Gasteiger partial charge on any atom is -0.503 e. The summed E-state index contributed by atoms with van der Waals surface area (Å²) in [5.41, 5.74) is 0.732. The molecule has 1 aliphatic rings. The number of ketones is 1. The molecular weight excluding hydrogens is 459 g/mol. The summed E-state index contributed by atoms with van der Waals surface area (Å²) in [6.07, 6.45) is 0. The molecule has 1 amide bonds. The first-order valence-corrected chi connectivity index (χ1v) is 10.5. The number of furan rings is 1. The number of amides is 1. The highest BCUT2D eigenvalue weighted by Crippen LogP contribution is 2.43. The lowest BCUT2D eigenvalue weighted by molar-refractivity contribution is -0.117. The first kappa shape index (κ1) is 21.4.